The van der Waals surface area contributed by atoms with Crippen molar-refractivity contribution in [3.63, 3.8) is 0 Å². The van der Waals surface area contributed by atoms with Crippen LogP contribution >= 0.6 is 0 Å². The molecule has 206 valence electrons. The summed E-state index contributed by atoms with van der Waals surface area (Å²) in [5.41, 5.74) is 1.31. The Labute approximate surface area is 235 Å². The van der Waals surface area contributed by atoms with Crippen LogP contribution in [0.2, 0.25) is 0 Å². The van der Waals surface area contributed by atoms with E-state index in [4.69, 9.17) is 0 Å². The van der Waals surface area contributed by atoms with E-state index in [-0.39, 0.29) is 21.5 Å². The molecule has 8 nitrogen and oxygen atoms in total. The van der Waals surface area contributed by atoms with Gasteiger partial charge in [-0.1, -0.05) is 97.1 Å². The molecule has 0 bridgehead atoms. The van der Waals surface area contributed by atoms with Gasteiger partial charge in [0.1, 0.15) is 11.7 Å². The standard InChI is InChI=1S/C30H30N4O4S2/c35-39(36,27-19-9-3-10-20-27)33-29(25-15-5-1-6-16-25)31-23-13-14-24-32-30(26-17-7-2-8-18-26)34-40(37,38)28-21-11-4-12-22-28/h1-12,15-22H,13-14,23-24H2,(H,31,33)(H,32,34). The fourth-order valence-corrected chi connectivity index (χ4v) is 5.87. The molecule has 40 heavy (non-hydrogen) atoms. The number of nitrogens with zero attached hydrogens (tertiary/aromatic N) is 2. The van der Waals surface area contributed by atoms with Gasteiger partial charge in [0, 0.05) is 24.2 Å². The third-order valence-electron chi connectivity index (χ3n) is 5.77. The highest BCUT2D eigenvalue weighted by Gasteiger charge is 2.18. The molecule has 0 amide bonds. The first kappa shape index (κ1) is 28.7. The summed E-state index contributed by atoms with van der Waals surface area (Å²) in [6, 6.07) is 34.4. The number of unbranched alkanes of at least 4 members (excludes halogenated alkanes) is 1. The molecule has 2 N–H and O–H groups in total. The van der Waals surface area contributed by atoms with Crippen LogP contribution in [0.1, 0.15) is 24.0 Å². The predicted molar refractivity (Wildman–Crippen MR) is 158 cm³/mol. The SMILES string of the molecule is O=S(=O)(NC(=NCCCCN=C(NS(=O)(=O)c1ccccc1)c1ccccc1)c1ccccc1)c1ccccc1. The third-order valence-corrected chi connectivity index (χ3v) is 8.48. The van der Waals surface area contributed by atoms with Gasteiger partial charge in [-0.15, -0.1) is 0 Å². The first-order valence-corrected chi connectivity index (χ1v) is 15.7. The quantitative estimate of drug-likeness (QED) is 0.154. The van der Waals surface area contributed by atoms with Crippen LogP contribution in [-0.2, 0) is 20.0 Å². The normalized spacial score (nSPS) is 12.6. The summed E-state index contributed by atoms with van der Waals surface area (Å²) in [6.45, 7) is 0.709. The van der Waals surface area contributed by atoms with Crippen LogP contribution in [0.15, 0.2) is 141 Å². The second-order valence-electron chi connectivity index (χ2n) is 8.74. The van der Waals surface area contributed by atoms with E-state index in [1.54, 1.807) is 60.7 Å². The minimum Gasteiger partial charge on any atom is -0.267 e. The van der Waals surface area contributed by atoms with E-state index in [1.807, 2.05) is 36.4 Å². The summed E-state index contributed by atoms with van der Waals surface area (Å²) in [5, 5.41) is 0. The smallest absolute Gasteiger partial charge is 0.263 e. The second-order valence-corrected chi connectivity index (χ2v) is 12.1. The van der Waals surface area contributed by atoms with Crippen LogP contribution in [0.3, 0.4) is 0 Å². The fourth-order valence-electron chi connectivity index (χ4n) is 3.73. The van der Waals surface area contributed by atoms with Gasteiger partial charge in [-0.05, 0) is 37.1 Å². The topological polar surface area (TPSA) is 117 Å². The highest BCUT2D eigenvalue weighted by molar-refractivity contribution is 7.90. The Morgan fingerprint density at radius 3 is 1.10 bits per heavy atom. The molecule has 0 radical (unpaired) electrons. The van der Waals surface area contributed by atoms with Gasteiger partial charge in [0.15, 0.2) is 0 Å². The molecule has 0 saturated heterocycles. The Bertz CT molecular complexity index is 1520. The van der Waals surface area contributed by atoms with Gasteiger partial charge in [-0.2, -0.15) is 0 Å². The third kappa shape index (κ3) is 8.11. The molecule has 0 aromatic heterocycles. The lowest BCUT2D eigenvalue weighted by Crippen LogP contribution is -2.32. The minimum absolute atomic E-state index is 0.152. The molecule has 0 fully saturated rings. The molecular weight excluding hydrogens is 544 g/mol. The van der Waals surface area contributed by atoms with Crippen LogP contribution in [0.25, 0.3) is 0 Å². The number of nitrogens with one attached hydrogen (secondary N) is 2. The number of sulfonamides is 2. The van der Waals surface area contributed by atoms with Crippen molar-refractivity contribution < 1.29 is 16.8 Å². The first-order chi connectivity index (χ1) is 19.4. The van der Waals surface area contributed by atoms with E-state index in [2.05, 4.69) is 19.4 Å². The lowest BCUT2D eigenvalue weighted by molar-refractivity contribution is 0.590. The van der Waals surface area contributed by atoms with Crippen LogP contribution in [0.4, 0.5) is 0 Å². The maximum Gasteiger partial charge on any atom is 0.263 e. The van der Waals surface area contributed by atoms with Gasteiger partial charge >= 0.3 is 0 Å². The summed E-state index contributed by atoms with van der Waals surface area (Å²) >= 11 is 0. The largest absolute Gasteiger partial charge is 0.267 e. The van der Waals surface area contributed by atoms with Crippen LogP contribution in [0, 0.1) is 0 Å². The molecule has 4 rings (SSSR count). The average molecular weight is 575 g/mol. The zero-order chi connectivity index (χ0) is 28.3. The highest BCUT2D eigenvalue weighted by atomic mass is 32.2. The number of aliphatic imine (C=N–C) groups is 2. The second kappa shape index (κ2) is 13.7. The van der Waals surface area contributed by atoms with Crippen LogP contribution in [0.5, 0.6) is 0 Å². The highest BCUT2D eigenvalue weighted by Crippen LogP contribution is 2.11. The summed E-state index contributed by atoms with van der Waals surface area (Å²) < 4.78 is 56.9. The molecule has 0 spiro atoms. The van der Waals surface area contributed by atoms with Crippen molar-refractivity contribution in [2.24, 2.45) is 9.98 Å². The first-order valence-electron chi connectivity index (χ1n) is 12.7. The van der Waals surface area contributed by atoms with Gasteiger partial charge in [0.05, 0.1) is 9.79 Å². The number of rotatable bonds is 11. The lowest BCUT2D eigenvalue weighted by atomic mass is 10.2. The Kier molecular flexibility index (Phi) is 9.82. The van der Waals surface area contributed by atoms with Gasteiger partial charge < -0.3 is 0 Å². The van der Waals surface area contributed by atoms with Gasteiger partial charge in [0.2, 0.25) is 0 Å². The van der Waals surface area contributed by atoms with Gasteiger partial charge in [-0.3, -0.25) is 19.4 Å². The number of benzene rings is 4. The van der Waals surface area contributed by atoms with E-state index < -0.39 is 20.0 Å². The summed E-state index contributed by atoms with van der Waals surface area (Å²) in [4.78, 5) is 9.39. The van der Waals surface area contributed by atoms with Crippen molar-refractivity contribution in [1.82, 2.24) is 9.44 Å². The molecule has 0 saturated carbocycles. The van der Waals surface area contributed by atoms with E-state index in [9.17, 15) is 16.8 Å². The van der Waals surface area contributed by atoms with Gasteiger partial charge in [-0.25, -0.2) is 16.8 Å². The zero-order valence-corrected chi connectivity index (χ0v) is 23.4. The van der Waals surface area contributed by atoms with Crippen molar-refractivity contribution in [2.45, 2.75) is 22.6 Å². The Hall–Kier alpha value is -4.28. The molecule has 0 unspecified atom stereocenters. The predicted octanol–water partition coefficient (Wildman–Crippen LogP) is 4.62. The minimum atomic E-state index is -3.81. The fraction of sp³-hybridized carbons (Fsp3) is 0.133. The van der Waals surface area contributed by atoms with E-state index in [0.29, 0.717) is 37.1 Å². The number of amidine groups is 2. The van der Waals surface area contributed by atoms with E-state index in [0.717, 1.165) is 0 Å². The molecular formula is C30H30N4O4S2. The van der Waals surface area contributed by atoms with E-state index in [1.165, 1.54) is 24.3 Å². The molecule has 0 aliphatic carbocycles. The maximum absolute atomic E-state index is 12.9. The van der Waals surface area contributed by atoms with Crippen LogP contribution in [-0.4, -0.2) is 41.6 Å². The Balaban J connectivity index is 1.44. The molecule has 0 aliphatic rings. The van der Waals surface area contributed by atoms with Crippen molar-refractivity contribution >= 4 is 31.7 Å². The molecule has 4 aromatic rings. The molecule has 0 aliphatic heterocycles. The molecule has 0 atom stereocenters. The van der Waals surface area contributed by atoms with E-state index >= 15 is 0 Å². The summed E-state index contributed by atoms with van der Waals surface area (Å²) in [6.07, 6.45) is 1.22. The maximum atomic E-state index is 12.9. The van der Waals surface area contributed by atoms with Crippen molar-refractivity contribution in [3.05, 3.63) is 132 Å². The lowest BCUT2D eigenvalue weighted by Gasteiger charge is -2.12. The number of hydrogen-bond donors (Lipinski definition) is 2. The summed E-state index contributed by atoms with van der Waals surface area (Å²) in [7, 11) is -7.61. The summed E-state index contributed by atoms with van der Waals surface area (Å²) in [5.74, 6) is 0.516. The Morgan fingerprint density at radius 2 is 0.775 bits per heavy atom. The zero-order valence-electron chi connectivity index (χ0n) is 21.7. The average Bonchev–Trinajstić information content (AvgIpc) is 2.99. The Morgan fingerprint density at radius 1 is 0.475 bits per heavy atom. The molecule has 10 heteroatoms. The monoisotopic (exact) mass is 574 g/mol. The van der Waals surface area contributed by atoms with Gasteiger partial charge in [0.25, 0.3) is 20.0 Å². The molecule has 4 aromatic carbocycles. The van der Waals surface area contributed by atoms with Crippen molar-refractivity contribution in [1.29, 1.82) is 0 Å². The van der Waals surface area contributed by atoms with Crippen LogP contribution < -0.4 is 9.44 Å². The van der Waals surface area contributed by atoms with Crippen molar-refractivity contribution in [2.75, 3.05) is 13.1 Å². The van der Waals surface area contributed by atoms with Crippen molar-refractivity contribution in [3.8, 4) is 0 Å². The molecule has 0 heterocycles. The number of hydrogen-bond acceptors (Lipinski definition) is 6.